The van der Waals surface area contributed by atoms with E-state index in [1.807, 2.05) is 11.9 Å². The van der Waals surface area contributed by atoms with E-state index >= 15 is 0 Å². The van der Waals surface area contributed by atoms with Crippen LogP contribution in [-0.4, -0.2) is 56.9 Å². The van der Waals surface area contributed by atoms with Gasteiger partial charge in [0.15, 0.2) is 9.84 Å². The van der Waals surface area contributed by atoms with Crippen molar-refractivity contribution in [2.24, 2.45) is 17.8 Å². The molecule has 0 aromatic heterocycles. The number of amides is 1. The fraction of sp³-hybridized carbons (Fsp3) is 0.933. The first-order valence-electron chi connectivity index (χ1n) is 8.11. The Kier molecular flexibility index (Phi) is 4.28. The molecule has 3 aliphatic rings. The summed E-state index contributed by atoms with van der Waals surface area (Å²) in [5, 5.41) is 3.15. The number of hydrogen-bond acceptors (Lipinski definition) is 4. The molecule has 1 heterocycles. The van der Waals surface area contributed by atoms with Gasteiger partial charge in [-0.2, -0.15) is 0 Å². The number of carbonyl (C=O) groups is 1. The van der Waals surface area contributed by atoms with Crippen LogP contribution in [0.1, 0.15) is 32.1 Å². The van der Waals surface area contributed by atoms with Crippen LogP contribution < -0.4 is 5.32 Å². The van der Waals surface area contributed by atoms with Crippen LogP contribution in [0.15, 0.2) is 0 Å². The Labute approximate surface area is 127 Å². The van der Waals surface area contributed by atoms with Crippen molar-refractivity contribution in [3.05, 3.63) is 0 Å². The fourth-order valence-corrected chi connectivity index (χ4v) is 5.86. The molecule has 5 nitrogen and oxygen atoms in total. The summed E-state index contributed by atoms with van der Waals surface area (Å²) in [6, 6.07) is -0.210. The maximum atomic E-state index is 12.3. The van der Waals surface area contributed by atoms with Gasteiger partial charge in [-0.1, -0.05) is 6.42 Å². The van der Waals surface area contributed by atoms with E-state index in [1.165, 1.54) is 25.7 Å². The molecule has 3 fully saturated rings. The molecule has 0 aromatic rings. The molecule has 2 saturated carbocycles. The summed E-state index contributed by atoms with van der Waals surface area (Å²) < 4.78 is 23.2. The molecule has 3 rings (SSSR count). The molecule has 120 valence electrons. The molecule has 1 amide bonds. The highest BCUT2D eigenvalue weighted by atomic mass is 32.2. The lowest BCUT2D eigenvalue weighted by Crippen LogP contribution is -2.47. The lowest BCUT2D eigenvalue weighted by Gasteiger charge is -2.29. The molecule has 4 unspecified atom stereocenters. The molecule has 6 heteroatoms. The minimum Gasteiger partial charge on any atom is -0.345 e. The van der Waals surface area contributed by atoms with Gasteiger partial charge in [0.1, 0.15) is 0 Å². The van der Waals surface area contributed by atoms with E-state index in [1.54, 1.807) is 0 Å². The van der Waals surface area contributed by atoms with Crippen LogP contribution >= 0.6 is 0 Å². The molecule has 1 saturated heterocycles. The summed E-state index contributed by atoms with van der Waals surface area (Å²) in [6.45, 7) is 1.32. The summed E-state index contributed by atoms with van der Waals surface area (Å²) in [6.07, 6.45) is 5.65. The zero-order chi connectivity index (χ0) is 15.0. The highest BCUT2D eigenvalue weighted by molar-refractivity contribution is 7.91. The Bertz CT molecular complexity index is 505. The smallest absolute Gasteiger partial charge is 0.223 e. The summed E-state index contributed by atoms with van der Waals surface area (Å²) in [7, 11) is -1.10. The Morgan fingerprint density at radius 3 is 2.71 bits per heavy atom. The fourth-order valence-electron chi connectivity index (χ4n) is 4.42. The van der Waals surface area contributed by atoms with Gasteiger partial charge in [0.25, 0.3) is 0 Å². The van der Waals surface area contributed by atoms with Gasteiger partial charge in [0.2, 0.25) is 5.91 Å². The SMILES string of the molecule is CN(CC1CC2CCC1C2)C(=O)CC1CS(=O)(=O)CCN1. The predicted molar refractivity (Wildman–Crippen MR) is 81.6 cm³/mol. The zero-order valence-electron chi connectivity index (χ0n) is 12.8. The van der Waals surface area contributed by atoms with Gasteiger partial charge >= 0.3 is 0 Å². The van der Waals surface area contributed by atoms with Crippen LogP contribution in [0.5, 0.6) is 0 Å². The third-order valence-corrected chi connectivity index (χ3v) is 7.28. The summed E-state index contributed by atoms with van der Waals surface area (Å²) in [5.41, 5.74) is 0. The lowest BCUT2D eigenvalue weighted by atomic mass is 9.88. The van der Waals surface area contributed by atoms with Crippen LogP contribution in [0.2, 0.25) is 0 Å². The Hall–Kier alpha value is -0.620. The second-order valence-corrected chi connectivity index (χ2v) is 9.41. The number of rotatable bonds is 4. The van der Waals surface area contributed by atoms with Crippen molar-refractivity contribution < 1.29 is 13.2 Å². The van der Waals surface area contributed by atoms with Crippen LogP contribution in [0.4, 0.5) is 0 Å². The van der Waals surface area contributed by atoms with Crippen LogP contribution in [0.25, 0.3) is 0 Å². The zero-order valence-corrected chi connectivity index (χ0v) is 13.6. The molecular weight excluding hydrogens is 288 g/mol. The standard InChI is InChI=1S/C15H26N2O3S/c1-17(9-13-7-11-2-3-12(13)6-11)15(18)8-14-10-21(19,20)5-4-16-14/h11-14,16H,2-10H2,1H3. The van der Waals surface area contributed by atoms with Gasteiger partial charge in [-0.15, -0.1) is 0 Å². The number of nitrogens with one attached hydrogen (secondary N) is 1. The van der Waals surface area contributed by atoms with Crippen molar-refractivity contribution in [1.82, 2.24) is 10.2 Å². The number of fused-ring (bicyclic) bond motifs is 2. The first kappa shape index (κ1) is 15.3. The van der Waals surface area contributed by atoms with E-state index in [0.29, 0.717) is 18.9 Å². The van der Waals surface area contributed by atoms with E-state index < -0.39 is 9.84 Å². The van der Waals surface area contributed by atoms with Gasteiger partial charge in [-0.25, -0.2) is 8.42 Å². The van der Waals surface area contributed by atoms with Crippen molar-refractivity contribution in [3.8, 4) is 0 Å². The summed E-state index contributed by atoms with van der Waals surface area (Å²) in [5.74, 6) is 2.75. The second kappa shape index (κ2) is 5.88. The van der Waals surface area contributed by atoms with Gasteiger partial charge < -0.3 is 10.2 Å². The van der Waals surface area contributed by atoms with E-state index in [2.05, 4.69) is 5.32 Å². The van der Waals surface area contributed by atoms with Crippen LogP contribution in [0.3, 0.4) is 0 Å². The van der Waals surface area contributed by atoms with Crippen LogP contribution in [-0.2, 0) is 14.6 Å². The van der Waals surface area contributed by atoms with Crippen molar-refractivity contribution >= 4 is 15.7 Å². The van der Waals surface area contributed by atoms with Crippen molar-refractivity contribution in [3.63, 3.8) is 0 Å². The van der Waals surface area contributed by atoms with Gasteiger partial charge in [-0.3, -0.25) is 4.79 Å². The Morgan fingerprint density at radius 2 is 2.10 bits per heavy atom. The maximum Gasteiger partial charge on any atom is 0.223 e. The molecule has 0 spiro atoms. The third-order valence-electron chi connectivity index (χ3n) is 5.54. The van der Waals surface area contributed by atoms with Gasteiger partial charge in [-0.05, 0) is 37.0 Å². The third kappa shape index (κ3) is 3.59. The number of nitrogens with zero attached hydrogens (tertiary/aromatic N) is 1. The van der Waals surface area contributed by atoms with Crippen molar-refractivity contribution in [1.29, 1.82) is 0 Å². The topological polar surface area (TPSA) is 66.5 Å². The molecule has 2 aliphatic carbocycles. The normalized spacial score (nSPS) is 37.6. The first-order valence-corrected chi connectivity index (χ1v) is 9.93. The molecule has 1 aliphatic heterocycles. The molecule has 2 bridgehead atoms. The molecule has 4 atom stereocenters. The quantitative estimate of drug-likeness (QED) is 0.828. The highest BCUT2D eigenvalue weighted by Gasteiger charge is 2.40. The molecular formula is C15H26N2O3S. The monoisotopic (exact) mass is 314 g/mol. The molecule has 0 radical (unpaired) electrons. The summed E-state index contributed by atoms with van der Waals surface area (Å²) >= 11 is 0. The maximum absolute atomic E-state index is 12.3. The molecule has 1 N–H and O–H groups in total. The van der Waals surface area contributed by atoms with E-state index in [0.717, 1.165) is 18.4 Å². The number of sulfone groups is 1. The van der Waals surface area contributed by atoms with E-state index in [9.17, 15) is 13.2 Å². The summed E-state index contributed by atoms with van der Waals surface area (Å²) in [4.78, 5) is 14.1. The van der Waals surface area contributed by atoms with E-state index in [-0.39, 0.29) is 23.5 Å². The molecule has 0 aromatic carbocycles. The van der Waals surface area contributed by atoms with Gasteiger partial charge in [0, 0.05) is 32.6 Å². The Morgan fingerprint density at radius 1 is 1.29 bits per heavy atom. The number of carbonyl (C=O) groups excluding carboxylic acids is 1. The highest BCUT2D eigenvalue weighted by Crippen LogP contribution is 2.48. The second-order valence-electron chi connectivity index (χ2n) is 7.18. The predicted octanol–water partition coefficient (Wildman–Crippen LogP) is 0.658. The lowest BCUT2D eigenvalue weighted by molar-refractivity contribution is -0.131. The number of hydrogen-bond donors (Lipinski definition) is 1. The average Bonchev–Trinajstić information content (AvgIpc) is 2.99. The van der Waals surface area contributed by atoms with Gasteiger partial charge in [0.05, 0.1) is 11.5 Å². The minimum absolute atomic E-state index is 0.0763. The minimum atomic E-state index is -2.97. The average molecular weight is 314 g/mol. The van der Waals surface area contributed by atoms with Crippen molar-refractivity contribution in [2.75, 3.05) is 31.6 Å². The molecule has 21 heavy (non-hydrogen) atoms. The van der Waals surface area contributed by atoms with E-state index in [4.69, 9.17) is 0 Å². The Balaban J connectivity index is 1.48. The first-order chi connectivity index (χ1) is 9.93. The van der Waals surface area contributed by atoms with Crippen LogP contribution in [0, 0.1) is 17.8 Å². The largest absolute Gasteiger partial charge is 0.345 e. The van der Waals surface area contributed by atoms with Crippen molar-refractivity contribution in [2.45, 2.75) is 38.1 Å².